The number of sulfonamides is 1. The first-order valence-electron chi connectivity index (χ1n) is 10.2. The summed E-state index contributed by atoms with van der Waals surface area (Å²) in [5.74, 6) is 0.666. The zero-order valence-corrected chi connectivity index (χ0v) is 19.7. The standard InChI is InChI=1S/C19H39N5O4S/c1-8-20-16(21-13-19(5,6)24-29(7,26)27)22-14-9-11-15(12-10-14)23-17(25)28-18(2,3)4/h14-15,24H,8-13H2,1-7H3,(H,23,25)(H2,20,21,22). The highest BCUT2D eigenvalue weighted by Gasteiger charge is 2.26. The van der Waals surface area contributed by atoms with Crippen molar-refractivity contribution >= 4 is 22.1 Å². The van der Waals surface area contributed by atoms with Gasteiger partial charge in [-0.2, -0.15) is 0 Å². The fourth-order valence-corrected chi connectivity index (χ4v) is 4.25. The van der Waals surface area contributed by atoms with Gasteiger partial charge in [0.05, 0.1) is 12.8 Å². The molecule has 0 bridgehead atoms. The molecule has 9 nitrogen and oxygen atoms in total. The number of nitrogens with one attached hydrogen (secondary N) is 4. The maximum atomic E-state index is 11.9. The van der Waals surface area contributed by atoms with Crippen LogP contribution in [-0.4, -0.2) is 63.0 Å². The Morgan fingerprint density at radius 3 is 2.00 bits per heavy atom. The Morgan fingerprint density at radius 1 is 1.03 bits per heavy atom. The molecule has 0 unspecified atom stereocenters. The predicted molar refractivity (Wildman–Crippen MR) is 117 cm³/mol. The van der Waals surface area contributed by atoms with E-state index in [0.29, 0.717) is 19.0 Å². The van der Waals surface area contributed by atoms with Gasteiger partial charge in [-0.15, -0.1) is 0 Å². The number of hydrogen-bond acceptors (Lipinski definition) is 5. The predicted octanol–water partition coefficient (Wildman–Crippen LogP) is 1.71. The Bertz CT molecular complexity index is 663. The highest BCUT2D eigenvalue weighted by molar-refractivity contribution is 7.88. The van der Waals surface area contributed by atoms with Crippen LogP contribution in [0, 0.1) is 0 Å². The Morgan fingerprint density at radius 2 is 1.55 bits per heavy atom. The van der Waals surface area contributed by atoms with Gasteiger partial charge in [0.2, 0.25) is 10.0 Å². The minimum atomic E-state index is -3.30. The van der Waals surface area contributed by atoms with Gasteiger partial charge < -0.3 is 20.7 Å². The number of aliphatic imine (C=N–C) groups is 1. The number of ether oxygens (including phenoxy) is 1. The van der Waals surface area contributed by atoms with Crippen LogP contribution in [0.3, 0.4) is 0 Å². The van der Waals surface area contributed by atoms with Gasteiger partial charge in [0.1, 0.15) is 5.60 Å². The molecule has 0 aromatic carbocycles. The maximum Gasteiger partial charge on any atom is 0.407 e. The Hall–Kier alpha value is -1.55. The lowest BCUT2D eigenvalue weighted by Crippen LogP contribution is -2.49. The third kappa shape index (κ3) is 11.9. The molecule has 0 atom stereocenters. The number of rotatable bonds is 7. The normalized spacial score (nSPS) is 21.4. The van der Waals surface area contributed by atoms with Crippen LogP contribution >= 0.6 is 0 Å². The molecule has 4 N–H and O–H groups in total. The van der Waals surface area contributed by atoms with Crippen molar-refractivity contribution in [3.05, 3.63) is 0 Å². The summed E-state index contributed by atoms with van der Waals surface area (Å²) in [5, 5.41) is 9.57. The van der Waals surface area contributed by atoms with Crippen LogP contribution in [0.4, 0.5) is 4.79 Å². The van der Waals surface area contributed by atoms with Crippen LogP contribution in [0.15, 0.2) is 4.99 Å². The van der Waals surface area contributed by atoms with E-state index in [-0.39, 0.29) is 18.2 Å². The SMILES string of the molecule is CCNC(=NCC(C)(C)NS(C)(=O)=O)NC1CCC(NC(=O)OC(C)(C)C)CC1. The second kappa shape index (κ2) is 10.5. The van der Waals surface area contributed by atoms with E-state index >= 15 is 0 Å². The van der Waals surface area contributed by atoms with E-state index in [2.05, 4.69) is 25.7 Å². The van der Waals surface area contributed by atoms with Crippen LogP contribution in [0.25, 0.3) is 0 Å². The molecule has 1 amide bonds. The van der Waals surface area contributed by atoms with E-state index in [4.69, 9.17) is 4.74 Å². The van der Waals surface area contributed by atoms with Crippen LogP contribution in [0.5, 0.6) is 0 Å². The van der Waals surface area contributed by atoms with Gasteiger partial charge in [0.15, 0.2) is 5.96 Å². The number of hydrogen-bond donors (Lipinski definition) is 4. The van der Waals surface area contributed by atoms with E-state index in [0.717, 1.165) is 31.9 Å². The summed E-state index contributed by atoms with van der Waals surface area (Å²) in [7, 11) is -3.30. The van der Waals surface area contributed by atoms with Crippen molar-refractivity contribution in [3.63, 3.8) is 0 Å². The second-order valence-electron chi connectivity index (χ2n) is 9.29. The van der Waals surface area contributed by atoms with Gasteiger partial charge >= 0.3 is 6.09 Å². The van der Waals surface area contributed by atoms with Crippen LogP contribution < -0.4 is 20.7 Å². The summed E-state index contributed by atoms with van der Waals surface area (Å²) >= 11 is 0. The summed E-state index contributed by atoms with van der Waals surface area (Å²) in [5.41, 5.74) is -1.18. The molecule has 0 spiro atoms. The molecule has 0 radical (unpaired) electrons. The van der Waals surface area contributed by atoms with Crippen molar-refractivity contribution in [1.29, 1.82) is 0 Å². The van der Waals surface area contributed by atoms with E-state index in [1.165, 1.54) is 0 Å². The van der Waals surface area contributed by atoms with Gasteiger partial charge in [-0.1, -0.05) is 0 Å². The van der Waals surface area contributed by atoms with Crippen molar-refractivity contribution in [3.8, 4) is 0 Å². The minimum absolute atomic E-state index is 0.111. The monoisotopic (exact) mass is 433 g/mol. The lowest BCUT2D eigenvalue weighted by Gasteiger charge is -2.31. The lowest BCUT2D eigenvalue weighted by molar-refractivity contribution is 0.0490. The first-order chi connectivity index (χ1) is 13.2. The summed E-state index contributed by atoms with van der Waals surface area (Å²) < 4.78 is 30.9. The molecule has 10 heteroatoms. The van der Waals surface area contributed by atoms with Crippen LogP contribution in [-0.2, 0) is 14.8 Å². The molecule has 170 valence electrons. The second-order valence-corrected chi connectivity index (χ2v) is 11.0. The number of nitrogens with zero attached hydrogens (tertiary/aromatic N) is 1. The fourth-order valence-electron chi connectivity index (χ4n) is 3.18. The number of amides is 1. The maximum absolute atomic E-state index is 11.9. The molecule has 1 saturated carbocycles. The average molecular weight is 434 g/mol. The van der Waals surface area contributed by atoms with Gasteiger partial charge in [-0.05, 0) is 67.2 Å². The number of carbonyl (C=O) groups excluding carboxylic acids is 1. The zero-order chi connectivity index (χ0) is 22.3. The van der Waals surface area contributed by atoms with Crippen LogP contribution in [0.1, 0.15) is 67.2 Å². The average Bonchev–Trinajstić information content (AvgIpc) is 2.50. The molecule has 0 heterocycles. The molecule has 0 aromatic rings. The third-order valence-electron chi connectivity index (χ3n) is 4.23. The molecule has 0 aliphatic heterocycles. The van der Waals surface area contributed by atoms with Crippen molar-refractivity contribution in [2.75, 3.05) is 19.3 Å². The van der Waals surface area contributed by atoms with Crippen molar-refractivity contribution in [2.45, 2.75) is 90.4 Å². The molecule has 1 aliphatic carbocycles. The van der Waals surface area contributed by atoms with E-state index in [1.54, 1.807) is 13.8 Å². The Labute approximate surface area is 175 Å². The lowest BCUT2D eigenvalue weighted by atomic mass is 9.91. The van der Waals surface area contributed by atoms with Gasteiger partial charge in [0, 0.05) is 24.2 Å². The molecule has 1 fully saturated rings. The molecule has 1 rings (SSSR count). The number of guanidine groups is 1. The van der Waals surface area contributed by atoms with E-state index in [1.807, 2.05) is 27.7 Å². The summed E-state index contributed by atoms with van der Waals surface area (Å²) in [6.45, 7) is 12.2. The fraction of sp³-hybridized carbons (Fsp3) is 0.895. The molecule has 0 aromatic heterocycles. The summed E-state index contributed by atoms with van der Waals surface area (Å²) in [4.78, 5) is 16.5. The number of alkyl carbamates (subject to hydrolysis) is 1. The largest absolute Gasteiger partial charge is 0.444 e. The number of carbonyl (C=O) groups is 1. The van der Waals surface area contributed by atoms with Crippen molar-refractivity contribution < 1.29 is 17.9 Å². The van der Waals surface area contributed by atoms with Crippen LogP contribution in [0.2, 0.25) is 0 Å². The summed E-state index contributed by atoms with van der Waals surface area (Å²) in [6.07, 6.45) is 4.29. The van der Waals surface area contributed by atoms with Crippen molar-refractivity contribution in [2.24, 2.45) is 4.99 Å². The Kier molecular flexibility index (Phi) is 9.20. The van der Waals surface area contributed by atoms with E-state index in [9.17, 15) is 13.2 Å². The molecular weight excluding hydrogens is 394 g/mol. The molecule has 1 aliphatic rings. The topological polar surface area (TPSA) is 121 Å². The van der Waals surface area contributed by atoms with E-state index < -0.39 is 21.2 Å². The highest BCUT2D eigenvalue weighted by atomic mass is 32.2. The summed E-state index contributed by atoms with van der Waals surface area (Å²) in [6, 6.07) is 0.357. The van der Waals surface area contributed by atoms with Gasteiger partial charge in [-0.25, -0.2) is 17.9 Å². The van der Waals surface area contributed by atoms with Crippen molar-refractivity contribution in [1.82, 2.24) is 20.7 Å². The first-order valence-corrected chi connectivity index (χ1v) is 12.1. The third-order valence-corrected chi connectivity index (χ3v) is 5.15. The Balaban J connectivity index is 2.54. The quantitative estimate of drug-likeness (QED) is 0.358. The first kappa shape index (κ1) is 25.5. The molecule has 0 saturated heterocycles. The minimum Gasteiger partial charge on any atom is -0.444 e. The molecule has 29 heavy (non-hydrogen) atoms. The smallest absolute Gasteiger partial charge is 0.407 e. The molecular formula is C19H39N5O4S. The van der Waals surface area contributed by atoms with Gasteiger partial charge in [-0.3, -0.25) is 4.99 Å². The highest BCUT2D eigenvalue weighted by Crippen LogP contribution is 2.19. The van der Waals surface area contributed by atoms with Gasteiger partial charge in [0.25, 0.3) is 0 Å². The zero-order valence-electron chi connectivity index (χ0n) is 18.9.